The van der Waals surface area contributed by atoms with Gasteiger partial charge in [0.15, 0.2) is 33.8 Å². The van der Waals surface area contributed by atoms with E-state index < -0.39 is 81.4 Å². The van der Waals surface area contributed by atoms with Crippen molar-refractivity contribution < 1.29 is 61.0 Å². The van der Waals surface area contributed by atoms with Gasteiger partial charge in [-0.1, -0.05) is 41.7 Å². The van der Waals surface area contributed by atoms with Crippen molar-refractivity contribution in [1.29, 1.82) is 0 Å². The van der Waals surface area contributed by atoms with Crippen LogP contribution in [0, 0.1) is 0 Å². The average molecular weight is 557 g/mol. The van der Waals surface area contributed by atoms with E-state index in [9.17, 15) is 61.0 Å². The average Bonchev–Trinajstić information content (AvgIpc) is 3.18. The Labute approximate surface area is 216 Å². The lowest BCUT2D eigenvalue weighted by atomic mass is 9.99. The van der Waals surface area contributed by atoms with Crippen molar-refractivity contribution in [3.8, 4) is 28.1 Å². The summed E-state index contributed by atoms with van der Waals surface area (Å²) in [6, 6.07) is 8.00. The maximum Gasteiger partial charge on any atom is 0.294 e. The number of phenols is 4. The highest BCUT2D eigenvalue weighted by atomic mass is 32.1. The number of carbonyl (C=O) groups is 1. The van der Waals surface area contributed by atoms with Gasteiger partial charge in [0.2, 0.25) is 16.8 Å². The van der Waals surface area contributed by atoms with Gasteiger partial charge < -0.3 is 67.2 Å². The van der Waals surface area contributed by atoms with Crippen molar-refractivity contribution in [2.45, 2.75) is 23.9 Å². The highest BCUT2D eigenvalue weighted by molar-refractivity contribution is 7.17. The molecule has 0 fully saturated rings. The van der Waals surface area contributed by atoms with Crippen molar-refractivity contribution in [1.82, 2.24) is 10.3 Å². The van der Waals surface area contributed by atoms with E-state index in [1.165, 1.54) is 0 Å². The van der Waals surface area contributed by atoms with Crippen LogP contribution in [0.5, 0.6) is 28.1 Å². The van der Waals surface area contributed by atoms with Crippen molar-refractivity contribution in [2.75, 3.05) is 17.6 Å². The molecule has 2 aromatic carbocycles. The number of amides is 1. The molecule has 0 unspecified atom stereocenters. The zero-order chi connectivity index (χ0) is 28.6. The number of rotatable bonds is 9. The number of nitrogens with two attached hydrogens (primary N) is 1. The lowest BCUT2D eigenvalue weighted by Gasteiger charge is -2.30. The van der Waals surface area contributed by atoms with E-state index in [4.69, 9.17) is 5.73 Å². The molecule has 206 valence electrons. The van der Waals surface area contributed by atoms with Crippen LogP contribution >= 0.6 is 11.3 Å². The number of thiazole rings is 1. The lowest BCUT2D eigenvalue weighted by molar-refractivity contribution is -0.221. The van der Waals surface area contributed by atoms with Crippen molar-refractivity contribution in [3.63, 3.8) is 0 Å². The molecule has 0 aliphatic carbocycles. The van der Waals surface area contributed by atoms with Gasteiger partial charge in [-0.2, -0.15) is 0 Å². The number of benzene rings is 2. The predicted molar refractivity (Wildman–Crippen MR) is 127 cm³/mol. The Bertz CT molecular complexity index is 1310. The summed E-state index contributed by atoms with van der Waals surface area (Å²) in [5.41, 5.74) is 2.22. The zero-order valence-electron chi connectivity index (χ0n) is 19.1. The fourth-order valence-electron chi connectivity index (χ4n) is 3.36. The summed E-state index contributed by atoms with van der Waals surface area (Å²) >= 11 is 0.389. The van der Waals surface area contributed by atoms with E-state index in [1.807, 2.05) is 5.32 Å². The van der Waals surface area contributed by atoms with Gasteiger partial charge in [0.05, 0.1) is 6.54 Å². The van der Waals surface area contributed by atoms with Crippen LogP contribution in [0.15, 0.2) is 30.3 Å². The topological polar surface area (TPSA) is 303 Å². The number of aliphatic hydroxyl groups is 6. The maximum atomic E-state index is 12.4. The maximum absolute atomic E-state index is 12.4. The van der Waals surface area contributed by atoms with E-state index in [-0.39, 0.29) is 5.13 Å². The molecule has 0 spiro atoms. The van der Waals surface area contributed by atoms with Gasteiger partial charge in [-0.05, 0) is 5.56 Å². The largest absolute Gasteiger partial charge is 0.504 e. The SMILES string of the molecule is Nc1nc(C(O)(O)C(=O)Nc2c(O)c(O)c(C(O)(O)CNC(O)(O)Cc3ccccc3)c(O)c2O)c(O)s1. The normalized spacial score (nSPS) is 12.5. The number of nitrogens with one attached hydrogen (secondary N) is 2. The molecule has 16 nitrogen and oxygen atoms in total. The van der Waals surface area contributed by atoms with Crippen LogP contribution in [0.3, 0.4) is 0 Å². The molecular formula is C21H24N4O12S. The highest BCUT2D eigenvalue weighted by Crippen LogP contribution is 2.53. The van der Waals surface area contributed by atoms with Crippen molar-refractivity contribution >= 4 is 28.1 Å². The van der Waals surface area contributed by atoms with Crippen molar-refractivity contribution in [3.05, 3.63) is 47.2 Å². The van der Waals surface area contributed by atoms with Crippen LogP contribution in [0.25, 0.3) is 0 Å². The monoisotopic (exact) mass is 556 g/mol. The third-order valence-electron chi connectivity index (χ3n) is 5.22. The van der Waals surface area contributed by atoms with Gasteiger partial charge in [0.25, 0.3) is 11.7 Å². The number of aromatic hydroxyl groups is 5. The quantitative estimate of drug-likeness (QED) is 0.0744. The number of phenolic OH excluding ortho intramolecular Hbond substituents is 4. The standard InChI is InChI=1S/C21H24N4O12S/c22-18-25-15(16(30)38-18)21(36,37)17(31)24-10-13(28)11(26)9(12(27)14(10)29)19(32,33)7-23-20(34,35)6-8-4-2-1-3-5-8/h1-5,23,26-30,32-37H,6-7H2,(H2,22,25)(H,24,31). The van der Waals surface area contributed by atoms with Crippen molar-refractivity contribution in [2.24, 2.45) is 0 Å². The second-order valence-electron chi connectivity index (χ2n) is 8.13. The molecule has 1 aromatic heterocycles. The van der Waals surface area contributed by atoms with Crippen LogP contribution in [0.1, 0.15) is 16.8 Å². The summed E-state index contributed by atoms with van der Waals surface area (Å²) in [6.45, 7) is -1.19. The van der Waals surface area contributed by atoms with Crippen LogP contribution in [-0.2, 0) is 22.8 Å². The summed E-state index contributed by atoms with van der Waals surface area (Å²) in [5.74, 6) is -17.5. The number of anilines is 2. The third-order valence-corrected chi connectivity index (χ3v) is 5.91. The lowest BCUT2D eigenvalue weighted by Crippen LogP contribution is -2.52. The minimum Gasteiger partial charge on any atom is -0.504 e. The first-order valence-corrected chi connectivity index (χ1v) is 11.2. The van der Waals surface area contributed by atoms with E-state index >= 15 is 0 Å². The van der Waals surface area contributed by atoms with Crippen LogP contribution in [0.4, 0.5) is 10.8 Å². The molecule has 17 heteroatoms. The van der Waals surface area contributed by atoms with Gasteiger partial charge in [-0.15, -0.1) is 0 Å². The molecule has 0 radical (unpaired) electrons. The number of nitrogen functional groups attached to an aromatic ring is 1. The number of carbonyl (C=O) groups excluding carboxylic acids is 1. The second-order valence-corrected chi connectivity index (χ2v) is 9.13. The van der Waals surface area contributed by atoms with E-state index in [1.54, 1.807) is 35.6 Å². The molecular weight excluding hydrogens is 532 g/mol. The second kappa shape index (κ2) is 10.1. The van der Waals surface area contributed by atoms with Gasteiger partial charge in [0, 0.05) is 6.42 Å². The molecule has 0 saturated carbocycles. The summed E-state index contributed by atoms with van der Waals surface area (Å²) in [7, 11) is 0. The Balaban J connectivity index is 1.88. The molecule has 0 bridgehead atoms. The Morgan fingerprint density at radius 1 is 0.895 bits per heavy atom. The fraction of sp³-hybridized carbons (Fsp3) is 0.238. The minimum atomic E-state index is -3.59. The molecule has 1 amide bonds. The zero-order valence-corrected chi connectivity index (χ0v) is 19.9. The molecule has 0 aliphatic heterocycles. The van der Waals surface area contributed by atoms with Gasteiger partial charge in [0.1, 0.15) is 11.3 Å². The molecule has 15 N–H and O–H groups in total. The van der Waals surface area contributed by atoms with Gasteiger partial charge >= 0.3 is 0 Å². The smallest absolute Gasteiger partial charge is 0.294 e. The molecule has 0 atom stereocenters. The Kier molecular flexibility index (Phi) is 7.59. The predicted octanol–water partition coefficient (Wildman–Crippen LogP) is -2.36. The summed E-state index contributed by atoms with van der Waals surface area (Å²) in [5, 5.41) is 115. The van der Waals surface area contributed by atoms with E-state index in [0.717, 1.165) is 0 Å². The summed E-state index contributed by atoms with van der Waals surface area (Å²) in [4.78, 5) is 15.8. The van der Waals surface area contributed by atoms with E-state index in [0.29, 0.717) is 16.9 Å². The molecule has 3 aromatic rings. The first-order valence-electron chi connectivity index (χ1n) is 10.4. The Hall–Kier alpha value is -3.94. The summed E-state index contributed by atoms with van der Waals surface area (Å²) in [6.07, 6.45) is -0.437. The van der Waals surface area contributed by atoms with Gasteiger partial charge in [-0.3, -0.25) is 10.1 Å². The van der Waals surface area contributed by atoms with Crippen LogP contribution in [0.2, 0.25) is 0 Å². The summed E-state index contributed by atoms with van der Waals surface area (Å²) < 4.78 is 0. The number of nitrogens with zero attached hydrogens (tertiary/aromatic N) is 1. The Morgan fingerprint density at radius 3 is 1.95 bits per heavy atom. The molecule has 38 heavy (non-hydrogen) atoms. The Morgan fingerprint density at radius 2 is 1.45 bits per heavy atom. The third kappa shape index (κ3) is 5.64. The number of hydrogen-bond acceptors (Lipinski definition) is 16. The highest BCUT2D eigenvalue weighted by Gasteiger charge is 2.44. The molecule has 0 aliphatic rings. The van der Waals surface area contributed by atoms with Crippen LogP contribution < -0.4 is 16.4 Å². The molecule has 1 heterocycles. The number of aromatic nitrogens is 1. The fourth-order valence-corrected chi connectivity index (χ4v) is 3.97. The van der Waals surface area contributed by atoms with E-state index in [2.05, 4.69) is 4.98 Å². The van der Waals surface area contributed by atoms with Crippen LogP contribution in [-0.4, -0.2) is 79.5 Å². The minimum absolute atomic E-state index is 0.350. The molecule has 3 rings (SSSR count). The first-order chi connectivity index (χ1) is 17.5. The first kappa shape index (κ1) is 28.6. The van der Waals surface area contributed by atoms with Gasteiger partial charge in [-0.25, -0.2) is 4.98 Å². The molecule has 0 saturated heterocycles. The number of hydrogen-bond donors (Lipinski definition) is 14.